The lowest BCUT2D eigenvalue weighted by Gasteiger charge is -2.34. The molecule has 242 valence electrons. The Morgan fingerprint density at radius 2 is 1.56 bits per heavy atom. The van der Waals surface area contributed by atoms with Crippen LogP contribution in [0.2, 0.25) is 5.02 Å². The largest absolute Gasteiger partial charge is 0.493 e. The van der Waals surface area contributed by atoms with Crippen LogP contribution in [0.25, 0.3) is 0 Å². The highest BCUT2D eigenvalue weighted by molar-refractivity contribution is 7.92. The van der Waals surface area contributed by atoms with Gasteiger partial charge in [0.05, 0.1) is 24.8 Å². The van der Waals surface area contributed by atoms with Crippen LogP contribution < -0.4 is 19.1 Å². The van der Waals surface area contributed by atoms with E-state index >= 15 is 0 Å². The summed E-state index contributed by atoms with van der Waals surface area (Å²) >= 11 is 6.12. The van der Waals surface area contributed by atoms with Gasteiger partial charge in [-0.25, -0.2) is 8.42 Å². The summed E-state index contributed by atoms with van der Waals surface area (Å²) in [5.41, 5.74) is 2.78. The van der Waals surface area contributed by atoms with E-state index in [-0.39, 0.29) is 29.1 Å². The molecule has 9 nitrogen and oxygen atoms in total. The lowest BCUT2D eigenvalue weighted by Crippen LogP contribution is -2.53. The van der Waals surface area contributed by atoms with E-state index < -0.39 is 28.5 Å². The molecule has 0 spiro atoms. The fourth-order valence-electron chi connectivity index (χ4n) is 5.80. The van der Waals surface area contributed by atoms with E-state index in [0.29, 0.717) is 22.9 Å². The molecule has 1 N–H and O–H groups in total. The summed E-state index contributed by atoms with van der Waals surface area (Å²) in [7, 11) is -1.40. The summed E-state index contributed by atoms with van der Waals surface area (Å²) in [6, 6.07) is 16.0. The molecule has 0 aromatic heterocycles. The molecule has 0 unspecified atom stereocenters. The number of ether oxygens (including phenoxy) is 2. The third-order valence-corrected chi connectivity index (χ3v) is 10.1. The van der Waals surface area contributed by atoms with Crippen LogP contribution in [0.15, 0.2) is 65.6 Å². The first kappa shape index (κ1) is 34.1. The molecule has 4 rings (SSSR count). The smallest absolute Gasteiger partial charge is 0.264 e. The number of amides is 2. The average Bonchev–Trinajstić information content (AvgIpc) is 3.52. The van der Waals surface area contributed by atoms with E-state index in [1.165, 1.54) is 37.3 Å². The number of benzene rings is 3. The number of aryl methyl sites for hydroxylation is 2. The Kier molecular flexibility index (Phi) is 11.4. The van der Waals surface area contributed by atoms with Gasteiger partial charge in [-0.15, -0.1) is 0 Å². The van der Waals surface area contributed by atoms with E-state index in [4.69, 9.17) is 21.1 Å². The molecule has 1 aliphatic rings. The number of halogens is 1. The molecule has 1 saturated carbocycles. The van der Waals surface area contributed by atoms with Gasteiger partial charge in [0.1, 0.15) is 12.6 Å². The molecule has 1 atom stereocenters. The van der Waals surface area contributed by atoms with E-state index in [1.54, 1.807) is 36.4 Å². The summed E-state index contributed by atoms with van der Waals surface area (Å²) < 4.78 is 40.5. The summed E-state index contributed by atoms with van der Waals surface area (Å²) in [5.74, 6) is -0.142. The van der Waals surface area contributed by atoms with Crippen LogP contribution in [-0.2, 0) is 26.2 Å². The Labute approximate surface area is 271 Å². The van der Waals surface area contributed by atoms with Crippen molar-refractivity contribution in [3.05, 3.63) is 82.4 Å². The number of anilines is 1. The van der Waals surface area contributed by atoms with Crippen LogP contribution >= 0.6 is 11.6 Å². The number of hydrogen-bond donors (Lipinski definition) is 1. The lowest BCUT2D eigenvalue weighted by atomic mass is 10.1. The number of rotatable bonds is 13. The second-order valence-corrected chi connectivity index (χ2v) is 13.7. The minimum atomic E-state index is -4.29. The quantitative estimate of drug-likeness (QED) is 0.241. The molecule has 11 heteroatoms. The second-order valence-electron chi connectivity index (χ2n) is 11.4. The molecule has 0 radical (unpaired) electrons. The highest BCUT2D eigenvalue weighted by Gasteiger charge is 2.35. The second kappa shape index (κ2) is 15.0. The van der Waals surface area contributed by atoms with Crippen molar-refractivity contribution in [2.45, 2.75) is 76.4 Å². The third kappa shape index (κ3) is 8.29. The van der Waals surface area contributed by atoms with Crippen molar-refractivity contribution < 1.29 is 27.5 Å². The zero-order valence-corrected chi connectivity index (χ0v) is 28.1. The minimum absolute atomic E-state index is 0.0660. The van der Waals surface area contributed by atoms with Crippen molar-refractivity contribution in [3.8, 4) is 11.5 Å². The number of nitrogens with one attached hydrogen (secondary N) is 1. The predicted octanol–water partition coefficient (Wildman–Crippen LogP) is 6.04. The molecule has 3 aromatic carbocycles. The zero-order valence-electron chi connectivity index (χ0n) is 26.5. The van der Waals surface area contributed by atoms with Gasteiger partial charge in [0.15, 0.2) is 11.5 Å². The molecule has 0 aliphatic heterocycles. The van der Waals surface area contributed by atoms with Gasteiger partial charge >= 0.3 is 0 Å². The first-order valence-corrected chi connectivity index (χ1v) is 17.0. The molecule has 1 aliphatic carbocycles. The average molecular weight is 656 g/mol. The Bertz CT molecular complexity index is 1590. The van der Waals surface area contributed by atoms with Crippen molar-refractivity contribution in [2.24, 2.45) is 0 Å². The van der Waals surface area contributed by atoms with E-state index in [1.807, 2.05) is 26.8 Å². The van der Waals surface area contributed by atoms with E-state index in [2.05, 4.69) is 5.32 Å². The lowest BCUT2D eigenvalue weighted by molar-refractivity contribution is -0.140. The number of hydrogen-bond acceptors (Lipinski definition) is 6. The zero-order chi connectivity index (χ0) is 32.7. The van der Waals surface area contributed by atoms with E-state index in [9.17, 15) is 18.0 Å². The van der Waals surface area contributed by atoms with Gasteiger partial charge in [-0.1, -0.05) is 49.6 Å². The number of nitrogens with zero attached hydrogens (tertiary/aromatic N) is 2. The maximum atomic E-state index is 14.4. The predicted molar refractivity (Wildman–Crippen MR) is 176 cm³/mol. The number of carbonyl (C=O) groups is 2. The fraction of sp³-hybridized carbons (Fsp3) is 0.412. The van der Waals surface area contributed by atoms with Gasteiger partial charge in [0, 0.05) is 23.7 Å². The number of sulfonamides is 1. The number of carbonyl (C=O) groups excluding carboxylic acids is 2. The van der Waals surface area contributed by atoms with Crippen molar-refractivity contribution in [2.75, 3.05) is 25.1 Å². The van der Waals surface area contributed by atoms with Crippen molar-refractivity contribution in [3.63, 3.8) is 0 Å². The Hall–Kier alpha value is -3.76. The Morgan fingerprint density at radius 3 is 2.13 bits per heavy atom. The molecule has 3 aromatic rings. The molecule has 0 saturated heterocycles. The van der Waals surface area contributed by atoms with Crippen LogP contribution in [0, 0.1) is 13.8 Å². The van der Waals surface area contributed by atoms with Crippen LogP contribution in [0.3, 0.4) is 0 Å². The Balaban J connectivity index is 1.77. The maximum Gasteiger partial charge on any atom is 0.264 e. The molecule has 45 heavy (non-hydrogen) atoms. The Morgan fingerprint density at radius 1 is 0.933 bits per heavy atom. The summed E-state index contributed by atoms with van der Waals surface area (Å²) in [5, 5.41) is 3.67. The molecule has 2 amide bonds. The normalized spacial score (nSPS) is 14.1. The first-order valence-electron chi connectivity index (χ1n) is 15.1. The molecule has 0 bridgehead atoms. The van der Waals surface area contributed by atoms with Crippen LogP contribution in [0.5, 0.6) is 11.5 Å². The van der Waals surface area contributed by atoms with Crippen LogP contribution in [0.1, 0.15) is 55.7 Å². The molecule has 0 heterocycles. The van der Waals surface area contributed by atoms with Gasteiger partial charge in [-0.3, -0.25) is 13.9 Å². The summed E-state index contributed by atoms with van der Waals surface area (Å²) in [6.45, 7) is 5.16. The van der Waals surface area contributed by atoms with Gasteiger partial charge in [-0.2, -0.15) is 0 Å². The van der Waals surface area contributed by atoms with Crippen molar-refractivity contribution in [1.29, 1.82) is 0 Å². The van der Waals surface area contributed by atoms with Crippen molar-refractivity contribution >= 4 is 39.1 Å². The van der Waals surface area contributed by atoms with Gasteiger partial charge in [-0.05, 0) is 86.2 Å². The van der Waals surface area contributed by atoms with Gasteiger partial charge in [0.25, 0.3) is 10.0 Å². The highest BCUT2D eigenvalue weighted by Crippen LogP contribution is 2.33. The van der Waals surface area contributed by atoms with Gasteiger partial charge in [0.2, 0.25) is 11.8 Å². The molecular weight excluding hydrogens is 614 g/mol. The molecular formula is C34H42ClN3O6S. The number of methoxy groups -OCH3 is 2. The minimum Gasteiger partial charge on any atom is -0.493 e. The summed E-state index contributed by atoms with van der Waals surface area (Å²) in [6.07, 6.45) is 4.25. The van der Waals surface area contributed by atoms with Crippen LogP contribution in [-0.4, -0.2) is 58.0 Å². The van der Waals surface area contributed by atoms with Crippen LogP contribution in [0.4, 0.5) is 5.69 Å². The van der Waals surface area contributed by atoms with E-state index in [0.717, 1.165) is 46.7 Å². The third-order valence-electron chi connectivity index (χ3n) is 8.07. The monoisotopic (exact) mass is 655 g/mol. The first-order chi connectivity index (χ1) is 21.5. The van der Waals surface area contributed by atoms with Gasteiger partial charge < -0.3 is 19.7 Å². The fourth-order valence-corrected chi connectivity index (χ4v) is 7.34. The standard InChI is InChI=1S/C34H42ClN3O6S/c1-6-30(34(40)36-27-9-7-8-10-27)37(21-25-11-13-26(35)14-12-25)33(39)22-38(28-18-23(2)17-24(3)19-28)45(41,42)29-15-16-31(43-4)32(20-29)44-5/h11-20,27,30H,6-10,21-22H2,1-5H3,(H,36,40)/t30-/m0/s1. The highest BCUT2D eigenvalue weighted by atomic mass is 35.5. The van der Waals surface area contributed by atoms with Crippen molar-refractivity contribution in [1.82, 2.24) is 10.2 Å². The topological polar surface area (TPSA) is 105 Å². The SMILES string of the molecule is CC[C@@H](C(=O)NC1CCCC1)N(Cc1ccc(Cl)cc1)C(=O)CN(c1cc(C)cc(C)c1)S(=O)(=O)c1ccc(OC)c(OC)c1. The maximum absolute atomic E-state index is 14.4. The molecule has 1 fully saturated rings. The summed E-state index contributed by atoms with van der Waals surface area (Å²) in [4.78, 5) is 29.4.